The Hall–Kier alpha value is -1.41. The molecule has 1 aliphatic rings. The lowest BCUT2D eigenvalue weighted by atomic mass is 9.96. The number of hydrazine groups is 1. The number of anilines is 2. The van der Waals surface area contributed by atoms with Crippen molar-refractivity contribution in [2.24, 2.45) is 17.5 Å². The summed E-state index contributed by atoms with van der Waals surface area (Å²) in [6.07, 6.45) is 2.95. The third-order valence-electron chi connectivity index (χ3n) is 3.10. The van der Waals surface area contributed by atoms with Crippen molar-refractivity contribution < 1.29 is 4.79 Å². The topological polar surface area (TPSA) is 110 Å². The number of nitrogens with one attached hydrogen (secondary N) is 1. The van der Waals surface area contributed by atoms with Crippen LogP contribution in [0.1, 0.15) is 12.8 Å². The van der Waals surface area contributed by atoms with Crippen molar-refractivity contribution in [3.05, 3.63) is 10.8 Å². The maximum absolute atomic E-state index is 11.1. The van der Waals surface area contributed by atoms with Gasteiger partial charge in [0.15, 0.2) is 5.82 Å². The van der Waals surface area contributed by atoms with Crippen LogP contribution in [-0.2, 0) is 4.79 Å². The number of carbonyl (C=O) groups is 1. The summed E-state index contributed by atoms with van der Waals surface area (Å²) in [6, 6.07) is 0. The van der Waals surface area contributed by atoms with Gasteiger partial charge in [-0.1, -0.05) is 0 Å². The second kappa shape index (κ2) is 5.49. The number of nitrogens with zero attached hydrogens (tertiary/aromatic N) is 3. The summed E-state index contributed by atoms with van der Waals surface area (Å²) in [4.78, 5) is 21.4. The fourth-order valence-electron chi connectivity index (χ4n) is 2.06. The molecule has 8 heteroatoms. The van der Waals surface area contributed by atoms with Gasteiger partial charge in [0.2, 0.25) is 5.91 Å². The van der Waals surface area contributed by atoms with Crippen molar-refractivity contribution in [2.45, 2.75) is 12.8 Å². The second-order valence-electron chi connectivity index (χ2n) is 4.17. The van der Waals surface area contributed by atoms with Gasteiger partial charge in [-0.2, -0.15) is 0 Å². The molecule has 98 valence electrons. The maximum Gasteiger partial charge on any atom is 0.220 e. The lowest BCUT2D eigenvalue weighted by molar-refractivity contribution is -0.122. The third kappa shape index (κ3) is 2.54. The monoisotopic (exact) mass is 314 g/mol. The van der Waals surface area contributed by atoms with Crippen LogP contribution in [-0.4, -0.2) is 29.0 Å². The third-order valence-corrected chi connectivity index (χ3v) is 3.83. The molecule has 0 aromatic carbocycles. The summed E-state index contributed by atoms with van der Waals surface area (Å²) >= 11 is 3.42. The van der Waals surface area contributed by atoms with E-state index in [0.717, 1.165) is 36.2 Å². The molecule has 5 N–H and O–H groups in total. The molecule has 1 amide bonds. The first-order valence-electron chi connectivity index (χ1n) is 5.65. The standard InChI is InChI=1S/C10H15BrN6O/c11-7-9(16-13)14-5-15-10(7)17-3-1-6(2-4-17)8(12)18/h5-6H,1-4,13H2,(H2,12,18)(H,14,15,16). The van der Waals surface area contributed by atoms with Crippen LogP contribution in [0, 0.1) is 5.92 Å². The van der Waals surface area contributed by atoms with Crippen molar-refractivity contribution in [3.63, 3.8) is 0 Å². The van der Waals surface area contributed by atoms with Gasteiger partial charge in [-0.05, 0) is 28.8 Å². The molecule has 18 heavy (non-hydrogen) atoms. The van der Waals surface area contributed by atoms with Gasteiger partial charge in [-0.15, -0.1) is 0 Å². The Labute approximate surface area is 113 Å². The van der Waals surface area contributed by atoms with E-state index in [1.54, 1.807) is 0 Å². The largest absolute Gasteiger partial charge is 0.369 e. The number of nitrogens with two attached hydrogens (primary N) is 2. The molecule has 0 unspecified atom stereocenters. The molecule has 0 spiro atoms. The number of piperidine rings is 1. The van der Waals surface area contributed by atoms with E-state index in [2.05, 4.69) is 36.2 Å². The number of carbonyl (C=O) groups excluding carboxylic acids is 1. The van der Waals surface area contributed by atoms with E-state index in [1.165, 1.54) is 6.33 Å². The van der Waals surface area contributed by atoms with Crippen LogP contribution in [0.5, 0.6) is 0 Å². The fraction of sp³-hybridized carbons (Fsp3) is 0.500. The van der Waals surface area contributed by atoms with E-state index in [-0.39, 0.29) is 11.8 Å². The number of hydrogen-bond donors (Lipinski definition) is 3. The summed E-state index contributed by atoms with van der Waals surface area (Å²) in [5.74, 6) is 6.42. The molecular weight excluding hydrogens is 300 g/mol. The first kappa shape index (κ1) is 13.0. The number of hydrogen-bond acceptors (Lipinski definition) is 6. The molecule has 0 atom stereocenters. The van der Waals surface area contributed by atoms with Crippen molar-refractivity contribution in [1.82, 2.24) is 9.97 Å². The summed E-state index contributed by atoms with van der Waals surface area (Å²) in [7, 11) is 0. The van der Waals surface area contributed by atoms with Crippen LogP contribution >= 0.6 is 15.9 Å². The van der Waals surface area contributed by atoms with E-state index in [1.807, 2.05) is 0 Å². The van der Waals surface area contributed by atoms with Crippen LogP contribution in [0.25, 0.3) is 0 Å². The Balaban J connectivity index is 2.12. The summed E-state index contributed by atoms with van der Waals surface area (Å²) < 4.78 is 0.727. The smallest absolute Gasteiger partial charge is 0.220 e. The van der Waals surface area contributed by atoms with Gasteiger partial charge in [-0.3, -0.25) is 4.79 Å². The lowest BCUT2D eigenvalue weighted by Gasteiger charge is -2.32. The van der Waals surface area contributed by atoms with Crippen LogP contribution in [0.4, 0.5) is 11.6 Å². The molecule has 1 saturated heterocycles. The number of aromatic nitrogens is 2. The maximum atomic E-state index is 11.1. The molecule has 2 heterocycles. The van der Waals surface area contributed by atoms with Gasteiger partial charge in [-0.25, -0.2) is 15.8 Å². The van der Waals surface area contributed by atoms with Gasteiger partial charge in [0.25, 0.3) is 0 Å². The Morgan fingerprint density at radius 1 is 1.44 bits per heavy atom. The van der Waals surface area contributed by atoms with Crippen molar-refractivity contribution in [2.75, 3.05) is 23.4 Å². The van der Waals surface area contributed by atoms with Crippen LogP contribution in [0.3, 0.4) is 0 Å². The Kier molecular flexibility index (Phi) is 3.97. The first-order valence-corrected chi connectivity index (χ1v) is 6.44. The van der Waals surface area contributed by atoms with Gasteiger partial charge in [0.05, 0.1) is 0 Å². The Bertz CT molecular complexity index is 446. The summed E-state index contributed by atoms with van der Waals surface area (Å²) in [5, 5.41) is 0. The van der Waals surface area contributed by atoms with Crippen molar-refractivity contribution in [1.29, 1.82) is 0 Å². The van der Waals surface area contributed by atoms with E-state index >= 15 is 0 Å². The number of amides is 1. The average molecular weight is 315 g/mol. The number of halogens is 1. The van der Waals surface area contributed by atoms with Gasteiger partial charge >= 0.3 is 0 Å². The highest BCUT2D eigenvalue weighted by atomic mass is 79.9. The number of rotatable bonds is 3. The Morgan fingerprint density at radius 3 is 2.67 bits per heavy atom. The molecule has 1 aromatic rings. The van der Waals surface area contributed by atoms with Crippen LogP contribution in [0.2, 0.25) is 0 Å². The summed E-state index contributed by atoms with van der Waals surface area (Å²) in [6.45, 7) is 1.49. The zero-order valence-electron chi connectivity index (χ0n) is 9.77. The molecule has 1 aromatic heterocycles. The predicted octanol–water partition coefficient (Wildman–Crippen LogP) is 0.226. The van der Waals surface area contributed by atoms with Crippen molar-refractivity contribution >= 4 is 33.5 Å². The average Bonchev–Trinajstić information content (AvgIpc) is 2.39. The molecule has 0 aliphatic carbocycles. The second-order valence-corrected chi connectivity index (χ2v) is 4.96. The van der Waals surface area contributed by atoms with Crippen LogP contribution in [0.15, 0.2) is 10.8 Å². The Morgan fingerprint density at radius 2 is 2.11 bits per heavy atom. The minimum absolute atomic E-state index is 0.0334. The number of primary amides is 1. The molecule has 0 radical (unpaired) electrons. The van der Waals surface area contributed by atoms with Gasteiger partial charge < -0.3 is 16.1 Å². The minimum atomic E-state index is -0.222. The van der Waals surface area contributed by atoms with Crippen LogP contribution < -0.4 is 21.9 Å². The van der Waals surface area contributed by atoms with E-state index in [4.69, 9.17) is 11.6 Å². The van der Waals surface area contributed by atoms with Gasteiger partial charge in [0.1, 0.15) is 16.6 Å². The zero-order chi connectivity index (χ0) is 13.1. The first-order chi connectivity index (χ1) is 8.63. The fourth-order valence-corrected chi connectivity index (χ4v) is 2.63. The molecule has 1 fully saturated rings. The summed E-state index contributed by atoms with van der Waals surface area (Å²) in [5.41, 5.74) is 7.81. The molecule has 0 saturated carbocycles. The minimum Gasteiger partial charge on any atom is -0.369 e. The van der Waals surface area contributed by atoms with E-state index in [9.17, 15) is 4.79 Å². The quantitative estimate of drug-likeness (QED) is 0.544. The van der Waals surface area contributed by atoms with E-state index in [0.29, 0.717) is 5.82 Å². The van der Waals surface area contributed by atoms with E-state index < -0.39 is 0 Å². The zero-order valence-corrected chi connectivity index (χ0v) is 11.4. The number of nitrogen functional groups attached to an aromatic ring is 1. The predicted molar refractivity (Wildman–Crippen MR) is 71.7 cm³/mol. The highest BCUT2D eigenvalue weighted by Gasteiger charge is 2.25. The van der Waals surface area contributed by atoms with Crippen molar-refractivity contribution in [3.8, 4) is 0 Å². The highest BCUT2D eigenvalue weighted by Crippen LogP contribution is 2.31. The lowest BCUT2D eigenvalue weighted by Crippen LogP contribution is -2.39. The normalized spacial score (nSPS) is 16.7. The highest BCUT2D eigenvalue weighted by molar-refractivity contribution is 9.10. The molecule has 7 nitrogen and oxygen atoms in total. The molecule has 2 rings (SSSR count). The molecule has 0 bridgehead atoms. The SMILES string of the molecule is NNc1ncnc(N2CCC(C(N)=O)CC2)c1Br. The molecule has 1 aliphatic heterocycles. The van der Waals surface area contributed by atoms with Gasteiger partial charge in [0, 0.05) is 19.0 Å². The molecular formula is C10H15BrN6O.